The monoisotopic (exact) mass is 476 g/mol. The van der Waals surface area contributed by atoms with E-state index in [0.717, 1.165) is 27.0 Å². The number of imide groups is 1. The van der Waals surface area contributed by atoms with E-state index in [2.05, 4.69) is 33.2 Å². The Kier molecular flexibility index (Phi) is 4.39. The predicted octanol–water partition coefficient (Wildman–Crippen LogP) is 4.42. The minimum Gasteiger partial charge on any atom is -0.488 e. The first-order valence-electron chi connectivity index (χ1n) is 10.7. The Labute approximate surface area is 188 Å². The molecule has 1 heterocycles. The minimum absolute atomic E-state index is 0.149. The fourth-order valence-electron chi connectivity index (χ4n) is 5.64. The highest BCUT2D eigenvalue weighted by atomic mass is 79.9. The van der Waals surface area contributed by atoms with Crippen LogP contribution in [0.15, 0.2) is 70.3 Å². The maximum Gasteiger partial charge on any atom is 0.254 e. The lowest BCUT2D eigenvalue weighted by Gasteiger charge is -2.37. The Morgan fingerprint density at radius 2 is 1.61 bits per heavy atom. The summed E-state index contributed by atoms with van der Waals surface area (Å²) in [6.07, 6.45) is 7.07. The highest BCUT2D eigenvalue weighted by molar-refractivity contribution is 9.10. The van der Waals surface area contributed by atoms with Crippen molar-refractivity contribution in [1.29, 1.82) is 0 Å². The fourth-order valence-corrected chi connectivity index (χ4v) is 5.90. The molecule has 156 valence electrons. The van der Waals surface area contributed by atoms with Crippen LogP contribution in [-0.4, -0.2) is 23.0 Å². The maximum atomic E-state index is 13.1. The Bertz CT molecular complexity index is 1090. The maximum absolute atomic E-state index is 13.1. The van der Waals surface area contributed by atoms with Crippen LogP contribution in [0.25, 0.3) is 0 Å². The number of halogens is 1. The SMILES string of the molecule is O=C1[C@H]2[C@@H]3C=C[C@H]([C@@H]4C[C@H]34)[C@@H]2C(=O)N1/N=C\c1ccccc1OCc1ccc(Br)cc1. The number of hydrazone groups is 1. The molecule has 0 unspecified atom stereocenters. The topological polar surface area (TPSA) is 59.0 Å². The summed E-state index contributed by atoms with van der Waals surface area (Å²) >= 11 is 3.43. The van der Waals surface area contributed by atoms with Gasteiger partial charge in [-0.2, -0.15) is 10.1 Å². The third kappa shape index (κ3) is 3.07. The first-order valence-corrected chi connectivity index (χ1v) is 11.5. The van der Waals surface area contributed by atoms with E-state index in [0.29, 0.717) is 24.2 Å². The summed E-state index contributed by atoms with van der Waals surface area (Å²) in [5.74, 6) is 1.49. The molecule has 2 bridgehead atoms. The number of carbonyl (C=O) groups excluding carboxylic acids is 2. The number of benzene rings is 2. The highest BCUT2D eigenvalue weighted by Crippen LogP contribution is 2.65. The van der Waals surface area contributed by atoms with E-state index < -0.39 is 0 Å². The number of carbonyl (C=O) groups is 2. The van der Waals surface area contributed by atoms with Crippen molar-refractivity contribution in [2.75, 3.05) is 0 Å². The number of amides is 2. The van der Waals surface area contributed by atoms with Crippen LogP contribution in [0.5, 0.6) is 5.75 Å². The van der Waals surface area contributed by atoms with Crippen LogP contribution >= 0.6 is 15.9 Å². The molecule has 5 nitrogen and oxygen atoms in total. The van der Waals surface area contributed by atoms with Crippen molar-refractivity contribution in [1.82, 2.24) is 5.01 Å². The van der Waals surface area contributed by atoms with E-state index in [1.807, 2.05) is 48.5 Å². The molecule has 3 fully saturated rings. The van der Waals surface area contributed by atoms with E-state index in [1.165, 1.54) is 0 Å². The van der Waals surface area contributed by atoms with Crippen LogP contribution < -0.4 is 4.74 Å². The molecule has 0 N–H and O–H groups in total. The van der Waals surface area contributed by atoms with Crippen molar-refractivity contribution < 1.29 is 14.3 Å². The molecule has 5 aliphatic rings. The van der Waals surface area contributed by atoms with E-state index in [1.54, 1.807) is 6.21 Å². The molecule has 6 atom stereocenters. The van der Waals surface area contributed by atoms with Gasteiger partial charge >= 0.3 is 0 Å². The van der Waals surface area contributed by atoms with Crippen molar-refractivity contribution in [2.24, 2.45) is 40.6 Å². The molecule has 0 spiro atoms. The first-order chi connectivity index (χ1) is 15.1. The van der Waals surface area contributed by atoms with Crippen LogP contribution in [0.3, 0.4) is 0 Å². The number of para-hydroxylation sites is 1. The van der Waals surface area contributed by atoms with Gasteiger partial charge in [-0.3, -0.25) is 9.59 Å². The summed E-state index contributed by atoms with van der Waals surface area (Å²) in [5.41, 5.74) is 1.78. The normalized spacial score (nSPS) is 32.5. The summed E-state index contributed by atoms with van der Waals surface area (Å²) in [6.45, 7) is 0.418. The number of rotatable bonds is 5. The lowest BCUT2D eigenvalue weighted by Crippen LogP contribution is -2.40. The Morgan fingerprint density at radius 1 is 0.968 bits per heavy atom. The molecule has 2 amide bonds. The second-order valence-corrected chi connectivity index (χ2v) is 9.76. The highest BCUT2D eigenvalue weighted by Gasteiger charge is 2.67. The van der Waals surface area contributed by atoms with E-state index in [4.69, 9.17) is 4.74 Å². The largest absolute Gasteiger partial charge is 0.488 e. The van der Waals surface area contributed by atoms with Gasteiger partial charge in [0.1, 0.15) is 12.4 Å². The predicted molar refractivity (Wildman–Crippen MR) is 119 cm³/mol. The van der Waals surface area contributed by atoms with Gasteiger partial charge in [-0.25, -0.2) is 0 Å². The third-order valence-corrected chi connectivity index (χ3v) is 7.71. The van der Waals surface area contributed by atoms with Crippen molar-refractivity contribution >= 4 is 34.0 Å². The lowest BCUT2D eigenvalue weighted by molar-refractivity contribution is -0.140. The van der Waals surface area contributed by atoms with Crippen molar-refractivity contribution in [3.05, 3.63) is 76.3 Å². The molecule has 2 aromatic rings. The van der Waals surface area contributed by atoms with E-state index in [-0.39, 0.29) is 35.5 Å². The molecular weight excluding hydrogens is 456 g/mol. The zero-order valence-corrected chi connectivity index (χ0v) is 18.3. The smallest absolute Gasteiger partial charge is 0.254 e. The van der Waals surface area contributed by atoms with Gasteiger partial charge < -0.3 is 4.74 Å². The van der Waals surface area contributed by atoms with Crippen molar-refractivity contribution in [3.63, 3.8) is 0 Å². The Hall–Kier alpha value is -2.73. The molecule has 1 aliphatic heterocycles. The summed E-state index contributed by atoms with van der Waals surface area (Å²) in [7, 11) is 0. The fraction of sp³-hybridized carbons (Fsp3) is 0.320. The van der Waals surface area contributed by atoms with Gasteiger partial charge in [-0.05, 0) is 59.9 Å². The van der Waals surface area contributed by atoms with Gasteiger partial charge in [-0.15, -0.1) is 0 Å². The summed E-state index contributed by atoms with van der Waals surface area (Å²) in [6, 6.07) is 15.5. The van der Waals surface area contributed by atoms with Gasteiger partial charge in [0.15, 0.2) is 0 Å². The van der Waals surface area contributed by atoms with Gasteiger partial charge in [0.2, 0.25) is 0 Å². The number of ether oxygens (including phenoxy) is 1. The van der Waals surface area contributed by atoms with E-state index in [9.17, 15) is 9.59 Å². The van der Waals surface area contributed by atoms with Gasteiger partial charge in [0, 0.05) is 10.0 Å². The molecule has 4 aliphatic carbocycles. The first kappa shape index (κ1) is 19.0. The Balaban J connectivity index is 1.21. The minimum atomic E-state index is -0.229. The summed E-state index contributed by atoms with van der Waals surface area (Å²) in [4.78, 5) is 26.1. The molecule has 31 heavy (non-hydrogen) atoms. The quantitative estimate of drug-likeness (QED) is 0.364. The lowest BCUT2D eigenvalue weighted by atomic mass is 9.63. The summed E-state index contributed by atoms with van der Waals surface area (Å²) < 4.78 is 7.00. The molecule has 7 rings (SSSR count). The second kappa shape index (κ2) is 7.16. The molecule has 0 aromatic heterocycles. The van der Waals surface area contributed by atoms with Gasteiger partial charge in [0.05, 0.1) is 18.1 Å². The standard InChI is InChI=1S/C25H21BrN2O3/c26-16-7-5-14(6-8-16)13-31-21-4-2-1-3-15(21)12-27-28-24(29)22-17-9-10-18(20-11-19(17)20)23(22)25(28)30/h1-10,12,17-20,22-23H,11,13H2/b27-12-/t17-,18-,19-,20+,22+,23+/m1/s1. The molecule has 2 aromatic carbocycles. The third-order valence-electron chi connectivity index (χ3n) is 7.18. The average Bonchev–Trinajstić information content (AvgIpc) is 3.57. The molecule has 6 heteroatoms. The molecule has 2 saturated carbocycles. The average molecular weight is 477 g/mol. The zero-order valence-electron chi connectivity index (χ0n) is 16.7. The zero-order chi connectivity index (χ0) is 21.1. The van der Waals surface area contributed by atoms with Crippen LogP contribution in [0.4, 0.5) is 0 Å². The molecular formula is C25H21BrN2O3. The Morgan fingerprint density at radius 3 is 2.29 bits per heavy atom. The number of allylic oxidation sites excluding steroid dienone is 2. The van der Waals surface area contributed by atoms with Crippen LogP contribution in [0.1, 0.15) is 17.5 Å². The van der Waals surface area contributed by atoms with Crippen LogP contribution in [-0.2, 0) is 16.2 Å². The molecule has 0 radical (unpaired) electrons. The second-order valence-electron chi connectivity index (χ2n) is 8.84. The summed E-state index contributed by atoms with van der Waals surface area (Å²) in [5, 5.41) is 5.45. The van der Waals surface area contributed by atoms with Crippen molar-refractivity contribution in [2.45, 2.75) is 13.0 Å². The van der Waals surface area contributed by atoms with Gasteiger partial charge in [-0.1, -0.05) is 52.3 Å². The number of nitrogens with zero attached hydrogens (tertiary/aromatic N) is 2. The van der Waals surface area contributed by atoms with Crippen LogP contribution in [0.2, 0.25) is 0 Å². The van der Waals surface area contributed by atoms with E-state index >= 15 is 0 Å². The van der Waals surface area contributed by atoms with Crippen molar-refractivity contribution in [3.8, 4) is 5.75 Å². The van der Waals surface area contributed by atoms with Crippen LogP contribution in [0, 0.1) is 35.5 Å². The van der Waals surface area contributed by atoms with Gasteiger partial charge in [0.25, 0.3) is 11.8 Å². The number of hydrogen-bond acceptors (Lipinski definition) is 4. The molecule has 1 saturated heterocycles. The number of hydrogen-bond donors (Lipinski definition) is 0.